The van der Waals surface area contributed by atoms with Gasteiger partial charge in [-0.1, -0.05) is 46.3 Å². The van der Waals surface area contributed by atoms with Crippen LogP contribution in [0.15, 0.2) is 48.5 Å². The molecule has 0 aliphatic carbocycles. The van der Waals surface area contributed by atoms with Crippen LogP contribution in [0.25, 0.3) is 0 Å². The number of hydrogen-bond donors (Lipinski definition) is 1. The fraction of sp³-hybridized carbons (Fsp3) is 0.278. The van der Waals surface area contributed by atoms with Crippen molar-refractivity contribution >= 4 is 21.9 Å². The fourth-order valence-corrected chi connectivity index (χ4v) is 2.40. The molecule has 122 valence electrons. The molecule has 0 saturated carbocycles. The lowest BCUT2D eigenvalue weighted by Crippen LogP contribution is -2.05. The maximum absolute atomic E-state index is 11.3. The Bertz CT molecular complexity index is 628. The lowest BCUT2D eigenvalue weighted by molar-refractivity contribution is 0.0692. The van der Waals surface area contributed by atoms with Crippen molar-refractivity contribution in [3.8, 4) is 11.5 Å². The summed E-state index contributed by atoms with van der Waals surface area (Å²) in [7, 11) is 0. The molecule has 0 aromatic heterocycles. The Labute approximate surface area is 144 Å². The molecule has 0 atom stereocenters. The Morgan fingerprint density at radius 2 is 1.83 bits per heavy atom. The summed E-state index contributed by atoms with van der Waals surface area (Å²) in [6, 6.07) is 14.6. The second-order valence-corrected chi connectivity index (χ2v) is 5.77. The maximum atomic E-state index is 11.3. The third-order valence-electron chi connectivity index (χ3n) is 3.22. The summed E-state index contributed by atoms with van der Waals surface area (Å²) in [6.45, 7) is 0.907. The Kier molecular flexibility index (Phi) is 6.94. The molecule has 5 heteroatoms. The first-order chi connectivity index (χ1) is 11.2. The van der Waals surface area contributed by atoms with Crippen LogP contribution < -0.4 is 9.47 Å². The van der Waals surface area contributed by atoms with Gasteiger partial charge in [0.2, 0.25) is 0 Å². The molecule has 4 nitrogen and oxygen atoms in total. The third kappa shape index (κ3) is 5.60. The number of carboxylic acids is 1. The number of carboxylic acid groups (broad SMARTS) is 1. The lowest BCUT2D eigenvalue weighted by Gasteiger charge is -2.12. The summed E-state index contributed by atoms with van der Waals surface area (Å²) in [6.07, 6.45) is 1.84. The second-order valence-electron chi connectivity index (χ2n) is 4.98. The molecule has 0 heterocycles. The van der Waals surface area contributed by atoms with Crippen molar-refractivity contribution in [2.75, 3.05) is 11.9 Å². The summed E-state index contributed by atoms with van der Waals surface area (Å²) < 4.78 is 11.3. The zero-order valence-electron chi connectivity index (χ0n) is 12.7. The highest BCUT2D eigenvalue weighted by molar-refractivity contribution is 9.09. The number of benzene rings is 2. The highest BCUT2D eigenvalue weighted by Crippen LogP contribution is 2.26. The Balaban J connectivity index is 2.04. The van der Waals surface area contributed by atoms with Crippen LogP contribution in [0.2, 0.25) is 0 Å². The van der Waals surface area contributed by atoms with Crippen LogP contribution in [0.3, 0.4) is 0 Å². The molecule has 2 rings (SSSR count). The first-order valence-electron chi connectivity index (χ1n) is 7.43. The molecule has 0 bridgehead atoms. The van der Waals surface area contributed by atoms with Crippen LogP contribution >= 0.6 is 15.9 Å². The summed E-state index contributed by atoms with van der Waals surface area (Å²) in [5.41, 5.74) is 1.20. The first-order valence-corrected chi connectivity index (χ1v) is 8.55. The standard InChI is InChI=1S/C18H19BrO4/c19-10-4-5-11-22-17-12-15(8-9-16(17)18(20)21)23-13-14-6-2-1-3-7-14/h1-3,6-9,12H,4-5,10-11,13H2,(H,20,21). The van der Waals surface area contributed by atoms with E-state index < -0.39 is 5.97 Å². The molecule has 1 N–H and O–H groups in total. The zero-order valence-corrected chi connectivity index (χ0v) is 14.3. The number of ether oxygens (including phenoxy) is 2. The average Bonchev–Trinajstić information content (AvgIpc) is 2.58. The van der Waals surface area contributed by atoms with Gasteiger partial charge in [-0.3, -0.25) is 0 Å². The van der Waals surface area contributed by atoms with Crippen molar-refractivity contribution in [2.24, 2.45) is 0 Å². The molecule has 0 saturated heterocycles. The zero-order chi connectivity index (χ0) is 16.5. The Morgan fingerprint density at radius 1 is 1.04 bits per heavy atom. The minimum atomic E-state index is -1.00. The first kappa shape index (κ1) is 17.3. The van der Waals surface area contributed by atoms with Gasteiger partial charge in [0.1, 0.15) is 23.7 Å². The van der Waals surface area contributed by atoms with Crippen molar-refractivity contribution in [1.29, 1.82) is 0 Å². The van der Waals surface area contributed by atoms with Crippen LogP contribution in [0.4, 0.5) is 0 Å². The largest absolute Gasteiger partial charge is 0.493 e. The van der Waals surface area contributed by atoms with Crippen LogP contribution in [-0.2, 0) is 6.61 Å². The predicted molar refractivity (Wildman–Crippen MR) is 92.7 cm³/mol. The number of unbranched alkanes of at least 4 members (excludes halogenated alkanes) is 1. The molecule has 0 aliphatic heterocycles. The van der Waals surface area contributed by atoms with Crippen LogP contribution in [0.5, 0.6) is 11.5 Å². The van der Waals surface area contributed by atoms with E-state index in [1.807, 2.05) is 30.3 Å². The van der Waals surface area contributed by atoms with Crippen molar-refractivity contribution in [2.45, 2.75) is 19.4 Å². The van der Waals surface area contributed by atoms with Gasteiger partial charge in [-0.2, -0.15) is 0 Å². The molecule has 0 spiro atoms. The highest BCUT2D eigenvalue weighted by Gasteiger charge is 2.12. The van der Waals surface area contributed by atoms with E-state index >= 15 is 0 Å². The number of hydrogen-bond acceptors (Lipinski definition) is 3. The van der Waals surface area contributed by atoms with E-state index in [0.717, 1.165) is 23.7 Å². The van der Waals surface area contributed by atoms with Gasteiger partial charge in [0, 0.05) is 11.4 Å². The van der Waals surface area contributed by atoms with Gasteiger partial charge in [0.05, 0.1) is 6.61 Å². The SMILES string of the molecule is O=C(O)c1ccc(OCc2ccccc2)cc1OCCCCBr. The molecule has 0 fully saturated rings. The topological polar surface area (TPSA) is 55.8 Å². The molecule has 2 aromatic rings. The van der Waals surface area contributed by atoms with E-state index in [0.29, 0.717) is 24.7 Å². The van der Waals surface area contributed by atoms with Gasteiger partial charge >= 0.3 is 5.97 Å². The number of halogens is 1. The summed E-state index contributed by atoms with van der Waals surface area (Å²) in [5, 5.41) is 10.1. The molecule has 23 heavy (non-hydrogen) atoms. The molecular formula is C18H19BrO4. The summed E-state index contributed by atoms with van der Waals surface area (Å²) in [4.78, 5) is 11.3. The lowest BCUT2D eigenvalue weighted by atomic mass is 10.2. The van der Waals surface area contributed by atoms with Crippen LogP contribution in [0, 0.1) is 0 Å². The molecule has 2 aromatic carbocycles. The van der Waals surface area contributed by atoms with E-state index in [1.54, 1.807) is 12.1 Å². The molecule has 0 radical (unpaired) electrons. The third-order valence-corrected chi connectivity index (χ3v) is 3.78. The van der Waals surface area contributed by atoms with Crippen molar-refractivity contribution in [1.82, 2.24) is 0 Å². The Hall–Kier alpha value is -2.01. The average molecular weight is 379 g/mol. The van der Waals surface area contributed by atoms with Crippen molar-refractivity contribution in [3.63, 3.8) is 0 Å². The van der Waals surface area contributed by atoms with E-state index in [4.69, 9.17) is 9.47 Å². The number of aromatic carboxylic acids is 1. The highest BCUT2D eigenvalue weighted by atomic mass is 79.9. The van der Waals surface area contributed by atoms with Gasteiger partial charge < -0.3 is 14.6 Å². The number of alkyl halides is 1. The second kappa shape index (κ2) is 9.20. The summed E-state index contributed by atoms with van der Waals surface area (Å²) in [5.74, 6) is -0.0675. The molecular weight excluding hydrogens is 360 g/mol. The van der Waals surface area contributed by atoms with Crippen LogP contribution in [0.1, 0.15) is 28.8 Å². The fourth-order valence-electron chi connectivity index (χ4n) is 2.01. The quantitative estimate of drug-likeness (QED) is 0.514. The van der Waals surface area contributed by atoms with Gasteiger partial charge in [-0.15, -0.1) is 0 Å². The van der Waals surface area contributed by atoms with Gasteiger partial charge in [-0.05, 0) is 30.5 Å². The van der Waals surface area contributed by atoms with Gasteiger partial charge in [-0.25, -0.2) is 4.79 Å². The van der Waals surface area contributed by atoms with E-state index in [2.05, 4.69) is 15.9 Å². The normalized spacial score (nSPS) is 10.3. The van der Waals surface area contributed by atoms with Crippen LogP contribution in [-0.4, -0.2) is 23.0 Å². The van der Waals surface area contributed by atoms with Crippen molar-refractivity contribution in [3.05, 3.63) is 59.7 Å². The van der Waals surface area contributed by atoms with Gasteiger partial charge in [0.25, 0.3) is 0 Å². The van der Waals surface area contributed by atoms with Crippen molar-refractivity contribution < 1.29 is 19.4 Å². The van der Waals surface area contributed by atoms with Gasteiger partial charge in [0.15, 0.2) is 0 Å². The molecule has 0 unspecified atom stereocenters. The van der Waals surface area contributed by atoms with E-state index in [1.165, 1.54) is 6.07 Å². The number of carbonyl (C=O) groups is 1. The van der Waals surface area contributed by atoms with E-state index in [9.17, 15) is 9.90 Å². The predicted octanol–water partition coefficient (Wildman–Crippen LogP) is 4.52. The monoisotopic (exact) mass is 378 g/mol. The summed E-state index contributed by atoms with van der Waals surface area (Å²) >= 11 is 3.36. The minimum Gasteiger partial charge on any atom is -0.493 e. The molecule has 0 aliphatic rings. The van der Waals surface area contributed by atoms with E-state index in [-0.39, 0.29) is 5.56 Å². The number of rotatable bonds is 9. The molecule has 0 amide bonds. The maximum Gasteiger partial charge on any atom is 0.339 e. The Morgan fingerprint density at radius 3 is 2.52 bits per heavy atom. The smallest absolute Gasteiger partial charge is 0.339 e. The minimum absolute atomic E-state index is 0.149.